The summed E-state index contributed by atoms with van der Waals surface area (Å²) in [5.74, 6) is 0.315. The summed E-state index contributed by atoms with van der Waals surface area (Å²) in [6, 6.07) is 0.139. The third kappa shape index (κ3) is 12.5. The standard InChI is InChI=1S/C7H17NO2.H2N.H2O.Pt/c1-6(8)7(4-9-2)5-10-3;;;/h6-7H,4-5,8H2,1-3H3;2*1H2;/q;-1;;+2/p-1. The molecule has 0 aliphatic carbocycles. The first kappa shape index (κ1) is 19.1. The number of nitrogens with two attached hydrogens (primary N) is 2. The van der Waals surface area contributed by atoms with Crippen LogP contribution in [0.15, 0.2) is 0 Å². The van der Waals surface area contributed by atoms with Crippen molar-refractivity contribution in [3.8, 4) is 0 Å². The van der Waals surface area contributed by atoms with E-state index >= 15 is 0 Å². The Labute approximate surface area is 91.6 Å². The smallest absolute Gasteiger partial charge is 0.870 e. The molecule has 0 saturated heterocycles. The average Bonchev–Trinajstić information content (AvgIpc) is 2.08. The molecule has 0 aromatic rings. The van der Waals surface area contributed by atoms with Crippen LogP contribution >= 0.6 is 0 Å². The van der Waals surface area contributed by atoms with E-state index in [0.717, 1.165) is 0 Å². The van der Waals surface area contributed by atoms with Crippen LogP contribution in [0.4, 0.5) is 0 Å². The van der Waals surface area contributed by atoms with Crippen LogP contribution < -0.4 is 10.0 Å². The summed E-state index contributed by atoms with van der Waals surface area (Å²) in [6.45, 7) is 3.31. The van der Waals surface area contributed by atoms with Gasteiger partial charge in [-0.2, -0.15) is 0 Å². The van der Waals surface area contributed by atoms with Gasteiger partial charge in [-0.15, -0.1) is 0 Å². The van der Waals surface area contributed by atoms with Gasteiger partial charge in [0.05, 0.1) is 13.2 Å². The van der Waals surface area contributed by atoms with Gasteiger partial charge in [-0.3, -0.25) is 0 Å². The molecule has 1 unspecified atom stereocenters. The molecule has 13 heavy (non-hydrogen) atoms. The topological polar surface area (TPSA) is 100 Å². The second-order valence-electron chi connectivity index (χ2n) is 2.53. The minimum Gasteiger partial charge on any atom is -0.870 e. The first-order chi connectivity index (χ1) is 5.72. The molecule has 0 spiro atoms. The first-order valence-corrected chi connectivity index (χ1v) is 4.95. The Hall–Kier alpha value is 0.488. The molecule has 0 aliphatic heterocycles. The van der Waals surface area contributed by atoms with Crippen LogP contribution in [0.5, 0.6) is 0 Å². The van der Waals surface area contributed by atoms with E-state index in [1.165, 1.54) is 0 Å². The molecule has 0 fully saturated rings. The number of rotatable bonds is 5. The van der Waals surface area contributed by atoms with Gasteiger partial charge in [0.2, 0.25) is 0 Å². The average molecular weight is 375 g/mol. The summed E-state index contributed by atoms with van der Waals surface area (Å²) >= 11 is 1.64. The van der Waals surface area contributed by atoms with E-state index in [1.807, 2.05) is 6.92 Å². The molecule has 6 heteroatoms. The van der Waals surface area contributed by atoms with Gasteiger partial charge in [-0.05, 0) is 6.92 Å². The van der Waals surface area contributed by atoms with Gasteiger partial charge >= 0.3 is 24.4 Å². The van der Waals surface area contributed by atoms with Gasteiger partial charge in [0.1, 0.15) is 0 Å². The van der Waals surface area contributed by atoms with Gasteiger partial charge in [0, 0.05) is 26.2 Å². The van der Waals surface area contributed by atoms with E-state index in [1.54, 1.807) is 34.3 Å². The fraction of sp³-hybridized carbons (Fsp3) is 1.00. The van der Waals surface area contributed by atoms with E-state index in [2.05, 4.69) is 4.29 Å². The van der Waals surface area contributed by atoms with E-state index in [4.69, 9.17) is 15.2 Å². The van der Waals surface area contributed by atoms with Crippen LogP contribution in [-0.2, 0) is 29.5 Å². The van der Waals surface area contributed by atoms with Gasteiger partial charge < -0.3 is 20.7 Å². The normalized spacial score (nSPS) is 11.4. The number of ether oxygens (including phenoxy) is 2. The molecule has 86 valence electrons. The fourth-order valence-electron chi connectivity index (χ4n) is 0.780. The van der Waals surface area contributed by atoms with E-state index in [9.17, 15) is 0 Å². The summed E-state index contributed by atoms with van der Waals surface area (Å²) in [6.07, 6.45) is 0. The molecule has 0 saturated carbocycles. The molecule has 0 amide bonds. The van der Waals surface area contributed by atoms with Crippen LogP contribution in [0.3, 0.4) is 0 Å². The van der Waals surface area contributed by atoms with Gasteiger partial charge in [0.25, 0.3) is 0 Å². The number of hydrogen-bond acceptors (Lipinski definition) is 5. The third-order valence-electron chi connectivity index (χ3n) is 1.51. The summed E-state index contributed by atoms with van der Waals surface area (Å²) < 4.78 is 14.4. The monoisotopic (exact) mass is 375 g/mol. The van der Waals surface area contributed by atoms with Crippen molar-refractivity contribution in [3.63, 3.8) is 0 Å². The second kappa shape index (κ2) is 15.0. The quantitative estimate of drug-likeness (QED) is 0.673. The predicted octanol–water partition coefficient (Wildman–Crippen LogP) is -0.527. The molecule has 0 aromatic carbocycles. The minimum atomic E-state index is 0. The van der Waals surface area contributed by atoms with Gasteiger partial charge in [-0.1, -0.05) is 0 Å². The maximum atomic E-state index is 5.65. The van der Waals surface area contributed by atoms with Crippen LogP contribution in [0, 0.1) is 5.92 Å². The van der Waals surface area contributed by atoms with Crippen molar-refractivity contribution in [3.05, 3.63) is 0 Å². The third-order valence-corrected chi connectivity index (χ3v) is 1.51. The van der Waals surface area contributed by atoms with Crippen molar-refractivity contribution < 1.29 is 35.0 Å². The fourth-order valence-corrected chi connectivity index (χ4v) is 0.780. The molecule has 1 atom stereocenters. The van der Waals surface area contributed by atoms with Crippen LogP contribution in [0.2, 0.25) is 0 Å². The SMILES string of the molecule is COCC(COC)C(C)N.[NH2][Pt+].[OH-]. The maximum Gasteiger partial charge on any atom is -0.870 e. The predicted molar refractivity (Wildman–Crippen MR) is 47.0 cm³/mol. The van der Waals surface area contributed by atoms with Gasteiger partial charge in [-0.25, -0.2) is 0 Å². The van der Waals surface area contributed by atoms with Crippen LogP contribution in [0.1, 0.15) is 6.92 Å². The number of methoxy groups -OCH3 is 2. The Bertz CT molecular complexity index is 80.1. The van der Waals surface area contributed by atoms with Crippen molar-refractivity contribution in [1.29, 1.82) is 0 Å². The molecule has 0 bridgehead atoms. The van der Waals surface area contributed by atoms with E-state index in [0.29, 0.717) is 19.1 Å². The molecule has 0 aliphatic rings. The molecular weight excluding hydrogens is 355 g/mol. The van der Waals surface area contributed by atoms with Crippen molar-refractivity contribution in [2.45, 2.75) is 13.0 Å². The molecule has 5 nitrogen and oxygen atoms in total. The summed E-state index contributed by atoms with van der Waals surface area (Å²) in [5, 5.41) is 0. The maximum absolute atomic E-state index is 5.65. The molecule has 5 N–H and O–H groups in total. The van der Waals surface area contributed by atoms with Crippen molar-refractivity contribution in [2.75, 3.05) is 27.4 Å². The minimum absolute atomic E-state index is 0. The zero-order valence-corrected chi connectivity index (χ0v) is 10.6. The molecule has 0 aromatic heterocycles. The molecule has 0 rings (SSSR count). The summed E-state index contributed by atoms with van der Waals surface area (Å²) in [7, 11) is 3.34. The van der Waals surface area contributed by atoms with Crippen LogP contribution in [-0.4, -0.2) is 39.0 Å². The Morgan fingerprint density at radius 1 is 1.15 bits per heavy atom. The van der Waals surface area contributed by atoms with E-state index < -0.39 is 0 Å². The Kier molecular flexibility index (Phi) is 22.0. The molecule has 0 heterocycles. The zero-order chi connectivity index (χ0) is 9.98. The van der Waals surface area contributed by atoms with E-state index in [-0.39, 0.29) is 11.5 Å². The zero-order valence-electron chi connectivity index (χ0n) is 8.30. The van der Waals surface area contributed by atoms with Gasteiger partial charge in [0.15, 0.2) is 0 Å². The second-order valence-corrected chi connectivity index (χ2v) is 2.53. The molecular formula is C7H20N2O3Pt. The molecule has 0 radical (unpaired) electrons. The van der Waals surface area contributed by atoms with Crippen LogP contribution in [0.25, 0.3) is 0 Å². The summed E-state index contributed by atoms with van der Waals surface area (Å²) in [4.78, 5) is 0. The Morgan fingerprint density at radius 2 is 1.46 bits per heavy atom. The first-order valence-electron chi connectivity index (χ1n) is 3.64. The van der Waals surface area contributed by atoms with Crippen molar-refractivity contribution in [2.24, 2.45) is 15.9 Å². The van der Waals surface area contributed by atoms with Crippen molar-refractivity contribution >= 4 is 0 Å². The van der Waals surface area contributed by atoms with Crippen molar-refractivity contribution in [1.82, 2.24) is 0 Å². The summed E-state index contributed by atoms with van der Waals surface area (Å²) in [5.41, 5.74) is 5.65. The largest absolute Gasteiger partial charge is 0.870 e. The number of hydrogen-bond donors (Lipinski definition) is 2. The Balaban J connectivity index is -0.000000309. The Morgan fingerprint density at radius 3 is 1.62 bits per heavy atom.